The van der Waals surface area contributed by atoms with Crippen LogP contribution in [0.1, 0.15) is 125 Å². The van der Waals surface area contributed by atoms with Gasteiger partial charge in [-0.15, -0.1) is 0 Å². The van der Waals surface area contributed by atoms with Crippen molar-refractivity contribution < 1.29 is 0 Å². The number of hydrogen-bond donors (Lipinski definition) is 1. The Morgan fingerprint density at radius 1 is 0.903 bits per heavy atom. The van der Waals surface area contributed by atoms with E-state index >= 15 is 0 Å². The fourth-order valence-electron chi connectivity index (χ4n) is 9.13. The van der Waals surface area contributed by atoms with Crippen LogP contribution in [0.2, 0.25) is 0 Å². The summed E-state index contributed by atoms with van der Waals surface area (Å²) in [7, 11) is 0. The van der Waals surface area contributed by atoms with Crippen LogP contribution in [-0.2, 0) is 0 Å². The monoisotopic (exact) mass is 431 g/mol. The summed E-state index contributed by atoms with van der Waals surface area (Å²) < 4.78 is 0. The lowest BCUT2D eigenvalue weighted by Crippen LogP contribution is -2.30. The van der Waals surface area contributed by atoms with Gasteiger partial charge >= 0.3 is 0 Å². The van der Waals surface area contributed by atoms with E-state index in [2.05, 4.69) is 41.5 Å². The molecule has 0 aromatic rings. The van der Waals surface area contributed by atoms with Crippen LogP contribution in [0.5, 0.6) is 0 Å². The van der Waals surface area contributed by atoms with Crippen LogP contribution in [0, 0.1) is 58.7 Å². The molecule has 0 amide bonds. The summed E-state index contributed by atoms with van der Waals surface area (Å²) in [5, 5.41) is 0. The third-order valence-electron chi connectivity index (χ3n) is 11.0. The van der Waals surface area contributed by atoms with E-state index in [0.29, 0.717) is 5.41 Å². The third-order valence-corrected chi connectivity index (χ3v) is 11.0. The lowest BCUT2D eigenvalue weighted by Gasteiger charge is -2.39. The van der Waals surface area contributed by atoms with Crippen LogP contribution in [0.25, 0.3) is 0 Å². The maximum atomic E-state index is 6.17. The Bertz CT molecular complexity index is 525. The Morgan fingerprint density at radius 3 is 2.29 bits per heavy atom. The van der Waals surface area contributed by atoms with Crippen LogP contribution in [0.15, 0.2) is 0 Å². The van der Waals surface area contributed by atoms with Crippen molar-refractivity contribution in [3.05, 3.63) is 0 Å². The molecule has 31 heavy (non-hydrogen) atoms. The summed E-state index contributed by atoms with van der Waals surface area (Å²) in [6.07, 6.45) is 19.0. The Morgan fingerprint density at radius 2 is 1.68 bits per heavy atom. The molecule has 0 aromatic carbocycles. The van der Waals surface area contributed by atoms with Crippen molar-refractivity contribution in [2.45, 2.75) is 125 Å². The number of fused-ring (bicyclic) bond motifs is 1. The third kappa shape index (κ3) is 5.91. The van der Waals surface area contributed by atoms with E-state index in [0.717, 1.165) is 59.8 Å². The van der Waals surface area contributed by atoms with E-state index < -0.39 is 0 Å². The van der Waals surface area contributed by atoms with Gasteiger partial charge in [-0.1, -0.05) is 80.1 Å². The van der Waals surface area contributed by atoms with E-state index in [4.69, 9.17) is 5.73 Å². The lowest BCUT2D eigenvalue weighted by molar-refractivity contribution is 0.111. The minimum absolute atomic E-state index is 0.638. The van der Waals surface area contributed by atoms with Crippen LogP contribution >= 0.6 is 0 Å². The maximum absolute atomic E-state index is 6.17. The van der Waals surface area contributed by atoms with Gasteiger partial charge in [0, 0.05) is 0 Å². The highest BCUT2D eigenvalue weighted by atomic mass is 14.6. The minimum atomic E-state index is 0.638. The lowest BCUT2D eigenvalue weighted by atomic mass is 9.66. The molecule has 7 unspecified atom stereocenters. The van der Waals surface area contributed by atoms with Crippen molar-refractivity contribution in [1.29, 1.82) is 0 Å². The Labute approximate surface area is 196 Å². The molecule has 2 N–H and O–H groups in total. The molecule has 0 heterocycles. The summed E-state index contributed by atoms with van der Waals surface area (Å²) in [6, 6.07) is 0. The van der Waals surface area contributed by atoms with E-state index in [1.807, 2.05) is 0 Å². The standard InChI is InChI=1S/C30H57N/c1-7-10-26(25(8-2)20-31)11-9-14-30(18-22(4)15-23(30)5)19-28-17-27-13-12-21(3)16-29(27)24(28)6/h21-29H,7-20,31H2,1-6H3/t21-,22?,23?,24?,25+,26?,27?,28?,29?,30-/m0/s1. The van der Waals surface area contributed by atoms with Crippen molar-refractivity contribution in [1.82, 2.24) is 0 Å². The summed E-state index contributed by atoms with van der Waals surface area (Å²) >= 11 is 0. The molecule has 3 rings (SSSR count). The number of nitrogens with two attached hydrogens (primary N) is 1. The molecular formula is C30H57N. The summed E-state index contributed by atoms with van der Waals surface area (Å²) in [4.78, 5) is 0. The van der Waals surface area contributed by atoms with Crippen molar-refractivity contribution in [2.24, 2.45) is 64.4 Å². The smallest absolute Gasteiger partial charge is 0.00463 e. The molecule has 3 aliphatic carbocycles. The van der Waals surface area contributed by atoms with Gasteiger partial charge in [0.15, 0.2) is 0 Å². The van der Waals surface area contributed by atoms with Crippen molar-refractivity contribution in [3.8, 4) is 0 Å². The molecule has 3 saturated carbocycles. The van der Waals surface area contributed by atoms with Gasteiger partial charge in [0.25, 0.3) is 0 Å². The maximum Gasteiger partial charge on any atom is -0.00463 e. The Balaban J connectivity index is 1.65. The van der Waals surface area contributed by atoms with E-state index in [-0.39, 0.29) is 0 Å². The predicted octanol–water partition coefficient (Wildman–Crippen LogP) is 8.71. The first-order valence-electron chi connectivity index (χ1n) is 14.5. The minimum Gasteiger partial charge on any atom is -0.330 e. The molecule has 0 saturated heterocycles. The molecule has 10 atom stereocenters. The van der Waals surface area contributed by atoms with Gasteiger partial charge in [-0.25, -0.2) is 0 Å². The second-order valence-electron chi connectivity index (χ2n) is 13.1. The largest absolute Gasteiger partial charge is 0.330 e. The molecule has 182 valence electrons. The zero-order valence-corrected chi connectivity index (χ0v) is 22.2. The zero-order valence-electron chi connectivity index (χ0n) is 22.2. The van der Waals surface area contributed by atoms with E-state index in [1.165, 1.54) is 70.6 Å². The SMILES string of the molecule is CCCC(CCC[C@@]1(CC2CC3CC[C@H](C)CC3C2C)CC(C)CC1C)[C@H](CC)CN. The molecule has 0 aliphatic heterocycles. The van der Waals surface area contributed by atoms with Gasteiger partial charge in [-0.3, -0.25) is 0 Å². The van der Waals surface area contributed by atoms with Crippen molar-refractivity contribution in [3.63, 3.8) is 0 Å². The summed E-state index contributed by atoms with van der Waals surface area (Å²) in [5.74, 6) is 8.54. The first-order chi connectivity index (χ1) is 14.8. The molecule has 0 radical (unpaired) electrons. The summed E-state index contributed by atoms with van der Waals surface area (Å²) in [5.41, 5.74) is 6.80. The van der Waals surface area contributed by atoms with Crippen molar-refractivity contribution >= 4 is 0 Å². The number of hydrogen-bond acceptors (Lipinski definition) is 1. The second-order valence-corrected chi connectivity index (χ2v) is 13.1. The Kier molecular flexibility index (Phi) is 9.40. The van der Waals surface area contributed by atoms with Crippen LogP contribution in [0.4, 0.5) is 0 Å². The first-order valence-corrected chi connectivity index (χ1v) is 14.5. The topological polar surface area (TPSA) is 26.0 Å². The van der Waals surface area contributed by atoms with Gasteiger partial charge in [0.1, 0.15) is 0 Å². The number of rotatable bonds is 11. The van der Waals surface area contributed by atoms with Gasteiger partial charge in [0.2, 0.25) is 0 Å². The predicted molar refractivity (Wildman–Crippen MR) is 137 cm³/mol. The zero-order chi connectivity index (χ0) is 22.6. The molecular weight excluding hydrogens is 374 g/mol. The van der Waals surface area contributed by atoms with Crippen molar-refractivity contribution in [2.75, 3.05) is 6.54 Å². The van der Waals surface area contributed by atoms with Crippen LogP contribution in [-0.4, -0.2) is 6.54 Å². The second kappa shape index (κ2) is 11.4. The molecule has 1 heteroatoms. The Hall–Kier alpha value is -0.0400. The van der Waals surface area contributed by atoms with Gasteiger partial charge in [0.05, 0.1) is 0 Å². The molecule has 0 spiro atoms. The first kappa shape index (κ1) is 25.6. The highest BCUT2D eigenvalue weighted by Gasteiger charge is 2.49. The quantitative estimate of drug-likeness (QED) is 0.348. The fourth-order valence-corrected chi connectivity index (χ4v) is 9.13. The summed E-state index contributed by atoms with van der Waals surface area (Å²) in [6.45, 7) is 15.9. The van der Waals surface area contributed by atoms with Gasteiger partial charge in [-0.2, -0.15) is 0 Å². The van der Waals surface area contributed by atoms with Crippen LogP contribution in [0.3, 0.4) is 0 Å². The normalized spacial score (nSPS) is 42.5. The average Bonchev–Trinajstić information content (AvgIpc) is 3.18. The van der Waals surface area contributed by atoms with E-state index in [1.54, 1.807) is 12.8 Å². The fraction of sp³-hybridized carbons (Fsp3) is 1.00. The van der Waals surface area contributed by atoms with Gasteiger partial charge < -0.3 is 5.73 Å². The molecule has 3 aliphatic rings. The molecule has 1 nitrogen and oxygen atoms in total. The average molecular weight is 432 g/mol. The molecule has 0 bridgehead atoms. The highest BCUT2D eigenvalue weighted by Crippen LogP contribution is 2.59. The van der Waals surface area contributed by atoms with Gasteiger partial charge in [-0.05, 0) is 110 Å². The highest BCUT2D eigenvalue weighted by molar-refractivity contribution is 4.99. The molecule has 0 aromatic heterocycles. The van der Waals surface area contributed by atoms with E-state index in [9.17, 15) is 0 Å². The molecule has 3 fully saturated rings. The van der Waals surface area contributed by atoms with Crippen LogP contribution < -0.4 is 5.73 Å².